The fourth-order valence-corrected chi connectivity index (χ4v) is 0.898. The second-order valence-electron chi connectivity index (χ2n) is 2.17. The summed E-state index contributed by atoms with van der Waals surface area (Å²) in [7, 11) is -0.727. The molecule has 1 saturated carbocycles. The van der Waals surface area contributed by atoms with E-state index in [1.54, 1.807) is 0 Å². The van der Waals surface area contributed by atoms with Crippen LogP contribution in [0, 0.1) is 6.42 Å². The van der Waals surface area contributed by atoms with Crippen LogP contribution >= 0.6 is 55.9 Å². The Hall–Kier alpha value is 2.99. The van der Waals surface area contributed by atoms with Gasteiger partial charge >= 0.3 is 63.8 Å². The fraction of sp³-hybridized carbons (Fsp3) is 0.833. The van der Waals surface area contributed by atoms with Crippen LogP contribution in [0.3, 0.4) is 0 Å². The molecule has 0 unspecified atom stereocenters. The van der Waals surface area contributed by atoms with Gasteiger partial charge < -0.3 is 0 Å². The monoisotopic (exact) mass is 585 g/mol. The summed E-state index contributed by atoms with van der Waals surface area (Å²) in [6, 6.07) is 0. The van der Waals surface area contributed by atoms with E-state index in [0.29, 0.717) is 0 Å². The zero-order valence-corrected chi connectivity index (χ0v) is 15.6. The quantitative estimate of drug-likeness (QED) is 0.297. The Labute approximate surface area is 100.0 Å². The molecule has 0 saturated heterocycles. The van der Waals surface area contributed by atoms with Gasteiger partial charge in [0.2, 0.25) is 0 Å². The zero-order chi connectivity index (χ0) is 7.82. The van der Waals surface area contributed by atoms with Gasteiger partial charge in [0.1, 0.15) is 0 Å². The molecule has 0 heterocycles. The fourth-order valence-electron chi connectivity index (χ4n) is 0.898. The number of hydrogen-bond acceptors (Lipinski definition) is 0. The second kappa shape index (κ2) is 10.1. The molecule has 4 heteroatoms. The Morgan fingerprint density at radius 2 is 1.30 bits per heavy atom. The van der Waals surface area contributed by atoms with Crippen molar-refractivity contribution < 1.29 is 0 Å². The van der Waals surface area contributed by atoms with Gasteiger partial charge in [0.15, 0.2) is 0 Å². The van der Waals surface area contributed by atoms with Gasteiger partial charge in [-0.25, -0.2) is 0 Å². The van der Waals surface area contributed by atoms with Gasteiger partial charge in [-0.3, -0.25) is 0 Å². The average molecular weight is 584 g/mol. The maximum absolute atomic E-state index is 2.53. The predicted octanol–water partition coefficient (Wildman–Crippen LogP) is 4.16. The minimum atomic E-state index is -0.727. The molecule has 1 radical (unpaired) electrons. The van der Waals surface area contributed by atoms with Crippen LogP contribution in [0.1, 0.15) is 32.1 Å². The Morgan fingerprint density at radius 3 is 1.40 bits per heavy atom. The molecule has 0 aliphatic heterocycles. The van der Waals surface area contributed by atoms with Gasteiger partial charge in [-0.2, -0.15) is 0 Å². The van der Waals surface area contributed by atoms with Crippen molar-refractivity contribution in [3.8, 4) is 0 Å². The minimum absolute atomic E-state index is 0.727. The van der Waals surface area contributed by atoms with Crippen molar-refractivity contribution in [1.29, 1.82) is 0 Å². The molecule has 0 atom stereocenters. The van der Waals surface area contributed by atoms with E-state index in [0.717, 1.165) is 0 Å². The Kier molecular flexibility index (Phi) is 13.1. The standard InChI is InChI=1S/C6H11.3HI.Sn.H/c1-2-4-6-5-3-1;;;;;/h1H,2-6H2;3*1H;;/q;;;;+3;/p-3. The van der Waals surface area contributed by atoms with E-state index in [9.17, 15) is 0 Å². The second-order valence-corrected chi connectivity index (χ2v) is 76.6. The first-order chi connectivity index (χ1) is 4.73. The van der Waals surface area contributed by atoms with Crippen molar-refractivity contribution in [2.24, 2.45) is 0 Å². The molecule has 1 aliphatic carbocycles. The van der Waals surface area contributed by atoms with Crippen LogP contribution < -0.4 is 0 Å². The predicted molar refractivity (Wildman–Crippen MR) is 76.6 cm³/mol. The van der Waals surface area contributed by atoms with Gasteiger partial charge in [-0.15, -0.1) is 0 Å². The molecule has 1 aliphatic rings. The van der Waals surface area contributed by atoms with Gasteiger partial charge in [-0.1, -0.05) is 32.1 Å². The zero-order valence-electron chi connectivity index (χ0n) is 5.82. The first-order valence-electron chi connectivity index (χ1n) is 3.47. The van der Waals surface area contributed by atoms with E-state index >= 15 is 0 Å². The van der Waals surface area contributed by atoms with Crippen LogP contribution in [0.4, 0.5) is 0 Å². The summed E-state index contributed by atoms with van der Waals surface area (Å²) in [5, 5.41) is 0. The Morgan fingerprint density at radius 1 is 0.900 bits per heavy atom. The van der Waals surface area contributed by atoms with E-state index in [-0.39, 0.29) is 0 Å². The van der Waals surface area contributed by atoms with Crippen molar-refractivity contribution in [3.63, 3.8) is 0 Å². The van der Waals surface area contributed by atoms with Crippen molar-refractivity contribution in [2.75, 3.05) is 0 Å². The molecule has 0 aromatic heterocycles. The van der Waals surface area contributed by atoms with Crippen LogP contribution in [0.15, 0.2) is 0 Å². The third-order valence-corrected chi connectivity index (χ3v) is 1.32. The normalized spacial score (nSPS) is 18.0. The number of halogens is 3. The molecule has 61 valence electrons. The summed E-state index contributed by atoms with van der Waals surface area (Å²) in [6.07, 6.45) is 9.50. The third kappa shape index (κ3) is 13.6. The Balaban J connectivity index is 0.000000180. The van der Waals surface area contributed by atoms with Crippen molar-refractivity contribution in [2.45, 2.75) is 32.1 Å². The summed E-state index contributed by atoms with van der Waals surface area (Å²) < 4.78 is 0. The molecular weight excluding hydrogens is 571 g/mol. The summed E-state index contributed by atoms with van der Waals surface area (Å²) >= 11 is 7.58. The Bertz CT molecular complexity index is 49.7. The maximum atomic E-state index is 2.53. The SMILES string of the molecule is [CH]1CCCCC1.[I][SnH]([I])[I]. The van der Waals surface area contributed by atoms with Crippen LogP contribution in [-0.4, -0.2) is 7.86 Å². The van der Waals surface area contributed by atoms with Gasteiger partial charge in [0.05, 0.1) is 0 Å². The molecule has 1 rings (SSSR count). The summed E-state index contributed by atoms with van der Waals surface area (Å²) in [4.78, 5) is 0. The number of hydrogen-bond donors (Lipinski definition) is 0. The van der Waals surface area contributed by atoms with Gasteiger partial charge in [-0.05, 0) is 6.42 Å². The van der Waals surface area contributed by atoms with Crippen molar-refractivity contribution in [1.82, 2.24) is 0 Å². The number of rotatable bonds is 0. The van der Waals surface area contributed by atoms with Crippen LogP contribution in [0.5, 0.6) is 0 Å². The van der Waals surface area contributed by atoms with E-state index < -0.39 is 7.86 Å². The average Bonchev–Trinajstić information content (AvgIpc) is 1.90. The van der Waals surface area contributed by atoms with E-state index in [4.69, 9.17) is 0 Å². The first-order valence-corrected chi connectivity index (χ1v) is 32.3. The summed E-state index contributed by atoms with van der Waals surface area (Å²) in [6.45, 7) is 0. The first kappa shape index (κ1) is 13.0. The molecule has 0 spiro atoms. The van der Waals surface area contributed by atoms with Crippen molar-refractivity contribution in [3.05, 3.63) is 6.42 Å². The van der Waals surface area contributed by atoms with E-state index in [1.165, 1.54) is 32.1 Å². The van der Waals surface area contributed by atoms with Crippen LogP contribution in [-0.2, 0) is 0 Å². The molecule has 0 N–H and O–H groups in total. The molecule has 1 fully saturated rings. The molecule has 0 aromatic rings. The molecule has 0 amide bonds. The van der Waals surface area contributed by atoms with E-state index in [2.05, 4.69) is 62.3 Å². The molecular formula is C6H12I3Sn. The molecule has 0 nitrogen and oxygen atoms in total. The molecule has 10 heavy (non-hydrogen) atoms. The van der Waals surface area contributed by atoms with Crippen LogP contribution in [0.25, 0.3) is 0 Å². The van der Waals surface area contributed by atoms with Crippen LogP contribution in [0.2, 0.25) is 0 Å². The summed E-state index contributed by atoms with van der Waals surface area (Å²) in [5.74, 6) is 0. The third-order valence-electron chi connectivity index (χ3n) is 1.32. The van der Waals surface area contributed by atoms with Crippen molar-refractivity contribution >= 4 is 63.8 Å². The summed E-state index contributed by atoms with van der Waals surface area (Å²) in [5.41, 5.74) is 0. The molecule has 0 bridgehead atoms. The topological polar surface area (TPSA) is 0 Å². The molecule has 0 aromatic carbocycles. The van der Waals surface area contributed by atoms with E-state index in [1.807, 2.05) is 0 Å². The van der Waals surface area contributed by atoms with Gasteiger partial charge in [0.25, 0.3) is 0 Å². The van der Waals surface area contributed by atoms with Gasteiger partial charge in [0, 0.05) is 0 Å².